The largest absolute Gasteiger partial charge is 0.497 e. The van der Waals surface area contributed by atoms with E-state index in [1.807, 2.05) is 0 Å². The minimum absolute atomic E-state index is 0.114. The number of rotatable bonds is 6. The van der Waals surface area contributed by atoms with Crippen LogP contribution in [0, 0.1) is 5.92 Å². The van der Waals surface area contributed by atoms with E-state index < -0.39 is 26.0 Å². The molecule has 168 valence electrons. The van der Waals surface area contributed by atoms with Gasteiger partial charge in [-0.3, -0.25) is 4.79 Å². The molecule has 2 saturated heterocycles. The Bertz CT molecular complexity index is 962. The zero-order chi connectivity index (χ0) is 21.9. The number of sulfonamides is 2. The maximum Gasteiger partial charge on any atom is 0.243 e. The van der Waals surface area contributed by atoms with E-state index in [2.05, 4.69) is 5.32 Å². The van der Waals surface area contributed by atoms with Crippen molar-refractivity contribution in [1.82, 2.24) is 13.9 Å². The fourth-order valence-corrected chi connectivity index (χ4v) is 6.39. The van der Waals surface area contributed by atoms with Crippen LogP contribution < -0.4 is 10.1 Å². The molecule has 0 aromatic heterocycles. The molecule has 2 unspecified atom stereocenters. The number of hydrogen-bond donors (Lipinski definition) is 1. The van der Waals surface area contributed by atoms with Gasteiger partial charge in [-0.25, -0.2) is 21.1 Å². The lowest BCUT2D eigenvalue weighted by Crippen LogP contribution is -2.52. The monoisotopic (exact) mass is 459 g/mol. The normalized spacial score (nSPS) is 24.3. The van der Waals surface area contributed by atoms with Gasteiger partial charge in [0.2, 0.25) is 26.0 Å². The molecule has 2 aliphatic rings. The van der Waals surface area contributed by atoms with Crippen molar-refractivity contribution in [3.8, 4) is 5.75 Å². The van der Waals surface area contributed by atoms with Crippen molar-refractivity contribution in [3.05, 3.63) is 24.3 Å². The first-order valence-electron chi connectivity index (χ1n) is 10.0. The molecule has 3 rings (SSSR count). The van der Waals surface area contributed by atoms with Gasteiger partial charge in [-0.2, -0.15) is 4.31 Å². The van der Waals surface area contributed by atoms with Gasteiger partial charge in [0.25, 0.3) is 0 Å². The first-order valence-corrected chi connectivity index (χ1v) is 13.3. The SMILES string of the molecule is COc1ccc(S(=O)(=O)N2CCCC(C(=O)NC3CCCN(S(C)(=O)=O)C3)C2)cc1. The average molecular weight is 460 g/mol. The van der Waals surface area contributed by atoms with E-state index in [0.717, 1.165) is 0 Å². The van der Waals surface area contributed by atoms with Crippen molar-refractivity contribution in [2.75, 3.05) is 39.5 Å². The van der Waals surface area contributed by atoms with Crippen LogP contribution in [0.15, 0.2) is 29.2 Å². The zero-order valence-electron chi connectivity index (χ0n) is 17.3. The summed E-state index contributed by atoms with van der Waals surface area (Å²) < 4.78 is 57.3. The summed E-state index contributed by atoms with van der Waals surface area (Å²) in [7, 11) is -5.49. The molecule has 9 nitrogen and oxygen atoms in total. The Morgan fingerprint density at radius 3 is 2.27 bits per heavy atom. The molecule has 11 heteroatoms. The molecule has 0 bridgehead atoms. The summed E-state index contributed by atoms with van der Waals surface area (Å²) in [6.07, 6.45) is 3.75. The third kappa shape index (κ3) is 5.32. The molecule has 1 aromatic carbocycles. The quantitative estimate of drug-likeness (QED) is 0.668. The second-order valence-electron chi connectivity index (χ2n) is 7.85. The van der Waals surface area contributed by atoms with Crippen LogP contribution in [-0.4, -0.2) is 76.9 Å². The number of amides is 1. The Balaban J connectivity index is 1.64. The third-order valence-electron chi connectivity index (χ3n) is 5.65. The van der Waals surface area contributed by atoms with Gasteiger partial charge in [0.15, 0.2) is 0 Å². The molecule has 0 radical (unpaired) electrons. The number of hydrogen-bond acceptors (Lipinski definition) is 6. The summed E-state index contributed by atoms with van der Waals surface area (Å²) in [6.45, 7) is 1.19. The predicted molar refractivity (Wildman–Crippen MR) is 112 cm³/mol. The Morgan fingerprint density at radius 2 is 1.63 bits per heavy atom. The molecule has 0 saturated carbocycles. The Kier molecular flexibility index (Phi) is 7.05. The summed E-state index contributed by atoms with van der Waals surface area (Å²) >= 11 is 0. The fraction of sp³-hybridized carbons (Fsp3) is 0.632. The van der Waals surface area contributed by atoms with Crippen LogP contribution in [0.2, 0.25) is 0 Å². The molecule has 30 heavy (non-hydrogen) atoms. The van der Waals surface area contributed by atoms with Gasteiger partial charge in [0.1, 0.15) is 5.75 Å². The van der Waals surface area contributed by atoms with E-state index in [0.29, 0.717) is 44.5 Å². The second kappa shape index (κ2) is 9.21. The van der Waals surface area contributed by atoms with E-state index in [1.165, 1.54) is 34.1 Å². The Hall–Kier alpha value is -1.69. The smallest absolute Gasteiger partial charge is 0.243 e. The number of ether oxygens (including phenoxy) is 1. The van der Waals surface area contributed by atoms with Gasteiger partial charge >= 0.3 is 0 Å². The van der Waals surface area contributed by atoms with Crippen LogP contribution in [-0.2, 0) is 24.8 Å². The van der Waals surface area contributed by atoms with Crippen LogP contribution in [0.1, 0.15) is 25.7 Å². The van der Waals surface area contributed by atoms with Crippen molar-refractivity contribution in [2.45, 2.75) is 36.6 Å². The van der Waals surface area contributed by atoms with Crippen LogP contribution in [0.25, 0.3) is 0 Å². The number of carbonyl (C=O) groups is 1. The maximum absolute atomic E-state index is 13.0. The van der Waals surface area contributed by atoms with Crippen LogP contribution in [0.4, 0.5) is 0 Å². The van der Waals surface area contributed by atoms with Crippen molar-refractivity contribution >= 4 is 26.0 Å². The van der Waals surface area contributed by atoms with E-state index >= 15 is 0 Å². The first kappa shape index (κ1) is 23.0. The molecule has 1 amide bonds. The second-order valence-corrected chi connectivity index (χ2v) is 11.8. The summed E-state index contributed by atoms with van der Waals surface area (Å²) in [4.78, 5) is 13.0. The Labute approximate surface area is 178 Å². The number of carbonyl (C=O) groups excluding carboxylic acids is 1. The molecular formula is C19H29N3O6S2. The first-order chi connectivity index (χ1) is 14.1. The summed E-state index contributed by atoms with van der Waals surface area (Å²) in [6, 6.07) is 5.93. The van der Waals surface area contributed by atoms with Crippen molar-refractivity contribution in [2.24, 2.45) is 5.92 Å². The molecule has 1 aromatic rings. The van der Waals surface area contributed by atoms with Gasteiger partial charge in [-0.15, -0.1) is 0 Å². The number of benzene rings is 1. The lowest BCUT2D eigenvalue weighted by molar-refractivity contribution is -0.127. The highest BCUT2D eigenvalue weighted by Gasteiger charge is 2.35. The van der Waals surface area contributed by atoms with E-state index in [9.17, 15) is 21.6 Å². The maximum atomic E-state index is 13.0. The third-order valence-corrected chi connectivity index (χ3v) is 8.80. The van der Waals surface area contributed by atoms with Gasteiger partial charge in [0.05, 0.1) is 24.2 Å². The van der Waals surface area contributed by atoms with E-state index in [1.54, 1.807) is 12.1 Å². The Morgan fingerprint density at radius 1 is 1.00 bits per heavy atom. The zero-order valence-corrected chi connectivity index (χ0v) is 18.9. The summed E-state index contributed by atoms with van der Waals surface area (Å²) in [5, 5.41) is 2.93. The highest BCUT2D eigenvalue weighted by Crippen LogP contribution is 2.25. The molecular weight excluding hydrogens is 430 g/mol. The number of methoxy groups -OCH3 is 1. The molecule has 2 fully saturated rings. The topological polar surface area (TPSA) is 113 Å². The molecule has 2 heterocycles. The van der Waals surface area contributed by atoms with Crippen LogP contribution in [0.3, 0.4) is 0 Å². The average Bonchev–Trinajstić information content (AvgIpc) is 2.73. The lowest BCUT2D eigenvalue weighted by Gasteiger charge is -2.34. The van der Waals surface area contributed by atoms with Crippen LogP contribution >= 0.6 is 0 Å². The minimum Gasteiger partial charge on any atom is -0.497 e. The standard InChI is InChI=1S/C19H29N3O6S2/c1-28-17-7-9-18(10-8-17)30(26,27)22-12-3-5-15(13-22)19(23)20-16-6-4-11-21(14-16)29(2,24)25/h7-10,15-16H,3-6,11-14H2,1-2H3,(H,20,23). The molecule has 1 N–H and O–H groups in total. The van der Waals surface area contributed by atoms with Crippen molar-refractivity contribution < 1.29 is 26.4 Å². The van der Waals surface area contributed by atoms with Crippen molar-refractivity contribution in [1.29, 1.82) is 0 Å². The molecule has 0 aliphatic carbocycles. The summed E-state index contributed by atoms with van der Waals surface area (Å²) in [5.41, 5.74) is 0. The van der Waals surface area contributed by atoms with Gasteiger partial charge in [0, 0.05) is 32.2 Å². The summed E-state index contributed by atoms with van der Waals surface area (Å²) in [5.74, 6) is -0.106. The number of piperidine rings is 2. The fourth-order valence-electron chi connectivity index (χ4n) is 3.95. The number of nitrogens with zero attached hydrogens (tertiary/aromatic N) is 2. The van der Waals surface area contributed by atoms with Gasteiger partial charge < -0.3 is 10.1 Å². The van der Waals surface area contributed by atoms with Crippen molar-refractivity contribution in [3.63, 3.8) is 0 Å². The molecule has 2 atom stereocenters. The predicted octanol–water partition coefficient (Wildman–Crippen LogP) is 0.636. The molecule has 2 aliphatic heterocycles. The van der Waals surface area contributed by atoms with Gasteiger partial charge in [-0.1, -0.05) is 0 Å². The minimum atomic E-state index is -3.70. The lowest BCUT2D eigenvalue weighted by atomic mass is 9.97. The van der Waals surface area contributed by atoms with Crippen LogP contribution in [0.5, 0.6) is 5.75 Å². The number of nitrogens with one attached hydrogen (secondary N) is 1. The van der Waals surface area contributed by atoms with Gasteiger partial charge in [-0.05, 0) is 49.9 Å². The highest BCUT2D eigenvalue weighted by atomic mass is 32.2. The van der Waals surface area contributed by atoms with E-state index in [-0.39, 0.29) is 29.9 Å². The molecule has 0 spiro atoms. The van der Waals surface area contributed by atoms with E-state index in [4.69, 9.17) is 4.74 Å². The highest BCUT2D eigenvalue weighted by molar-refractivity contribution is 7.89.